The van der Waals surface area contributed by atoms with Gasteiger partial charge in [-0.2, -0.15) is 0 Å². The number of halogens is 1. The van der Waals surface area contributed by atoms with Gasteiger partial charge >= 0.3 is 5.00 Å². The van der Waals surface area contributed by atoms with Crippen molar-refractivity contribution in [1.82, 2.24) is 0 Å². The predicted molar refractivity (Wildman–Crippen MR) is 65.6 cm³/mol. The first-order chi connectivity index (χ1) is 6.59. The van der Waals surface area contributed by atoms with E-state index in [-0.39, 0.29) is 9.92 Å². The molecule has 0 aliphatic heterocycles. The SMILES string of the molecule is Nc1ccc(I)c2cc([N+](=O)[O-])sc12. The minimum absolute atomic E-state index is 0.135. The summed E-state index contributed by atoms with van der Waals surface area (Å²) in [4.78, 5) is 10.2. The molecule has 0 spiro atoms. The van der Waals surface area contributed by atoms with E-state index in [0.717, 1.165) is 25.0 Å². The quantitative estimate of drug-likeness (QED) is 0.380. The van der Waals surface area contributed by atoms with E-state index in [0.29, 0.717) is 5.69 Å². The van der Waals surface area contributed by atoms with E-state index >= 15 is 0 Å². The van der Waals surface area contributed by atoms with Gasteiger partial charge in [-0.1, -0.05) is 11.3 Å². The van der Waals surface area contributed by atoms with Gasteiger partial charge in [-0.05, 0) is 34.7 Å². The summed E-state index contributed by atoms with van der Waals surface area (Å²) >= 11 is 3.26. The van der Waals surface area contributed by atoms with Gasteiger partial charge in [0.15, 0.2) is 0 Å². The number of fused-ring (bicyclic) bond motifs is 1. The van der Waals surface area contributed by atoms with Crippen LogP contribution in [-0.4, -0.2) is 4.92 Å². The van der Waals surface area contributed by atoms with Crippen molar-refractivity contribution < 1.29 is 4.92 Å². The van der Waals surface area contributed by atoms with E-state index in [1.165, 1.54) is 0 Å². The minimum atomic E-state index is -0.389. The maximum absolute atomic E-state index is 10.6. The zero-order chi connectivity index (χ0) is 10.3. The van der Waals surface area contributed by atoms with Gasteiger partial charge in [-0.25, -0.2) is 0 Å². The number of nitro groups is 1. The number of rotatable bonds is 1. The average molecular weight is 320 g/mol. The van der Waals surface area contributed by atoms with Crippen molar-refractivity contribution in [2.75, 3.05) is 5.73 Å². The van der Waals surface area contributed by atoms with Crippen LogP contribution in [0.1, 0.15) is 0 Å². The molecule has 1 heterocycles. The summed E-state index contributed by atoms with van der Waals surface area (Å²) in [5.74, 6) is 0. The van der Waals surface area contributed by atoms with Gasteiger partial charge in [0.05, 0.1) is 9.62 Å². The second kappa shape index (κ2) is 3.35. The Kier molecular flexibility index (Phi) is 2.31. The molecule has 2 aromatic rings. The first-order valence-corrected chi connectivity index (χ1v) is 5.61. The molecular weight excluding hydrogens is 315 g/mol. The Morgan fingerprint density at radius 3 is 2.79 bits per heavy atom. The van der Waals surface area contributed by atoms with Crippen LogP contribution in [0.2, 0.25) is 0 Å². The van der Waals surface area contributed by atoms with Gasteiger partial charge < -0.3 is 5.73 Å². The molecule has 0 amide bonds. The van der Waals surface area contributed by atoms with Crippen molar-refractivity contribution in [2.24, 2.45) is 0 Å². The standard InChI is InChI=1S/C8H5IN2O2S/c9-5-1-2-6(10)8-4(5)3-7(14-8)11(12)13/h1-3H,10H2. The van der Waals surface area contributed by atoms with Gasteiger partial charge in [0.25, 0.3) is 0 Å². The molecule has 0 aliphatic carbocycles. The molecule has 0 fully saturated rings. The number of nitrogen functional groups attached to an aromatic ring is 1. The average Bonchev–Trinajstić information content (AvgIpc) is 2.57. The van der Waals surface area contributed by atoms with Gasteiger partial charge in [-0.3, -0.25) is 10.1 Å². The lowest BCUT2D eigenvalue weighted by molar-refractivity contribution is -0.380. The maximum Gasteiger partial charge on any atom is 0.325 e. The summed E-state index contributed by atoms with van der Waals surface area (Å²) < 4.78 is 1.78. The summed E-state index contributed by atoms with van der Waals surface area (Å²) in [7, 11) is 0. The van der Waals surface area contributed by atoms with Crippen molar-refractivity contribution in [3.05, 3.63) is 31.9 Å². The highest BCUT2D eigenvalue weighted by Crippen LogP contribution is 2.37. The summed E-state index contributed by atoms with van der Waals surface area (Å²) in [6.07, 6.45) is 0. The highest BCUT2D eigenvalue weighted by atomic mass is 127. The van der Waals surface area contributed by atoms with Gasteiger partial charge in [0.2, 0.25) is 0 Å². The molecule has 1 aromatic heterocycles. The second-order valence-electron chi connectivity index (χ2n) is 2.72. The molecule has 0 bridgehead atoms. The Balaban J connectivity index is 2.82. The van der Waals surface area contributed by atoms with E-state index in [1.54, 1.807) is 12.1 Å². The summed E-state index contributed by atoms with van der Waals surface area (Å²) in [5, 5.41) is 11.6. The smallest absolute Gasteiger partial charge is 0.325 e. The molecule has 72 valence electrons. The van der Waals surface area contributed by atoms with Crippen LogP contribution in [0.15, 0.2) is 18.2 Å². The molecule has 6 heteroatoms. The molecule has 0 aliphatic rings. The van der Waals surface area contributed by atoms with Crippen molar-refractivity contribution in [1.29, 1.82) is 0 Å². The van der Waals surface area contributed by atoms with Gasteiger partial charge in [0, 0.05) is 20.7 Å². The third kappa shape index (κ3) is 1.44. The van der Waals surface area contributed by atoms with Crippen LogP contribution in [0.5, 0.6) is 0 Å². The Bertz CT molecular complexity index is 484. The lowest BCUT2D eigenvalue weighted by atomic mass is 10.2. The molecule has 2 N–H and O–H groups in total. The van der Waals surface area contributed by atoms with Crippen LogP contribution in [0, 0.1) is 13.7 Å². The monoisotopic (exact) mass is 320 g/mol. The number of benzene rings is 1. The Labute approximate surface area is 97.0 Å². The van der Waals surface area contributed by atoms with E-state index in [2.05, 4.69) is 22.6 Å². The predicted octanol–water partition coefficient (Wildman–Crippen LogP) is 3.00. The summed E-state index contributed by atoms with van der Waals surface area (Å²) in [6.45, 7) is 0. The van der Waals surface area contributed by atoms with E-state index in [1.807, 2.05) is 6.07 Å². The third-order valence-corrected chi connectivity index (χ3v) is 3.90. The molecule has 0 saturated carbocycles. The van der Waals surface area contributed by atoms with Crippen LogP contribution < -0.4 is 5.73 Å². The largest absolute Gasteiger partial charge is 0.398 e. The zero-order valence-electron chi connectivity index (χ0n) is 6.86. The molecule has 4 nitrogen and oxygen atoms in total. The first-order valence-electron chi connectivity index (χ1n) is 3.71. The first kappa shape index (κ1) is 9.66. The zero-order valence-corrected chi connectivity index (χ0v) is 9.83. The fourth-order valence-electron chi connectivity index (χ4n) is 1.19. The Morgan fingerprint density at radius 1 is 1.50 bits per heavy atom. The van der Waals surface area contributed by atoms with E-state index in [4.69, 9.17) is 5.73 Å². The Hall–Kier alpha value is -0.890. The summed E-state index contributed by atoms with van der Waals surface area (Å²) in [6, 6.07) is 5.19. The molecule has 0 unspecified atom stereocenters. The van der Waals surface area contributed by atoms with Crippen LogP contribution in [0.4, 0.5) is 10.7 Å². The highest BCUT2D eigenvalue weighted by molar-refractivity contribution is 14.1. The van der Waals surface area contributed by atoms with Crippen LogP contribution >= 0.6 is 33.9 Å². The number of thiophene rings is 1. The molecule has 14 heavy (non-hydrogen) atoms. The van der Waals surface area contributed by atoms with Crippen LogP contribution in [0.25, 0.3) is 10.1 Å². The van der Waals surface area contributed by atoms with Crippen molar-refractivity contribution in [2.45, 2.75) is 0 Å². The van der Waals surface area contributed by atoms with E-state index in [9.17, 15) is 10.1 Å². The topological polar surface area (TPSA) is 69.2 Å². The minimum Gasteiger partial charge on any atom is -0.398 e. The van der Waals surface area contributed by atoms with Crippen molar-refractivity contribution in [3.63, 3.8) is 0 Å². The van der Waals surface area contributed by atoms with Crippen molar-refractivity contribution >= 4 is 54.7 Å². The number of hydrogen-bond acceptors (Lipinski definition) is 4. The fraction of sp³-hybridized carbons (Fsp3) is 0. The number of hydrogen-bond donors (Lipinski definition) is 1. The fourth-order valence-corrected chi connectivity index (χ4v) is 2.90. The van der Waals surface area contributed by atoms with Crippen molar-refractivity contribution in [3.8, 4) is 0 Å². The molecular formula is C8H5IN2O2S. The lowest BCUT2D eigenvalue weighted by Gasteiger charge is -1.95. The lowest BCUT2D eigenvalue weighted by Crippen LogP contribution is -1.84. The summed E-state index contributed by atoms with van der Waals surface area (Å²) in [5.41, 5.74) is 6.32. The third-order valence-electron chi connectivity index (χ3n) is 1.83. The normalized spacial score (nSPS) is 10.6. The maximum atomic E-state index is 10.6. The Morgan fingerprint density at radius 2 is 2.21 bits per heavy atom. The number of nitrogens with two attached hydrogens (primary N) is 1. The van der Waals surface area contributed by atoms with Gasteiger partial charge in [0.1, 0.15) is 0 Å². The van der Waals surface area contributed by atoms with Crippen LogP contribution in [0.3, 0.4) is 0 Å². The highest BCUT2D eigenvalue weighted by Gasteiger charge is 2.14. The number of nitrogens with zero attached hydrogens (tertiary/aromatic N) is 1. The number of anilines is 1. The van der Waals surface area contributed by atoms with E-state index < -0.39 is 0 Å². The molecule has 0 saturated heterocycles. The molecule has 1 aromatic carbocycles. The molecule has 0 atom stereocenters. The van der Waals surface area contributed by atoms with Crippen LogP contribution in [-0.2, 0) is 0 Å². The molecule has 2 rings (SSSR count). The second-order valence-corrected chi connectivity index (χ2v) is 4.91. The van der Waals surface area contributed by atoms with Gasteiger partial charge in [-0.15, -0.1) is 0 Å². The molecule has 0 radical (unpaired) electrons.